The van der Waals surface area contributed by atoms with Gasteiger partial charge in [-0.25, -0.2) is 14.6 Å². The number of para-hydroxylation sites is 1. The molecule has 0 spiro atoms. The van der Waals surface area contributed by atoms with Crippen LogP contribution < -0.4 is 10.4 Å². The number of ether oxygens (including phenoxy) is 2. The summed E-state index contributed by atoms with van der Waals surface area (Å²) in [6.07, 6.45) is 0.490. The van der Waals surface area contributed by atoms with Gasteiger partial charge in [-0.05, 0) is 35.4 Å². The Kier molecular flexibility index (Phi) is 6.32. The summed E-state index contributed by atoms with van der Waals surface area (Å²) in [5, 5.41) is 6.47. The number of esters is 1. The molecule has 1 atom stereocenters. The molecule has 0 radical (unpaired) electrons. The maximum absolute atomic E-state index is 13.2. The van der Waals surface area contributed by atoms with Gasteiger partial charge in [0, 0.05) is 11.8 Å². The van der Waals surface area contributed by atoms with Gasteiger partial charge in [-0.2, -0.15) is 5.10 Å². The molecule has 180 valence electrons. The molecule has 1 amide bonds. The lowest BCUT2D eigenvalue weighted by molar-refractivity contribution is -0.136. The minimum absolute atomic E-state index is 0.275. The van der Waals surface area contributed by atoms with E-state index in [1.165, 1.54) is 11.1 Å². The molecule has 1 aliphatic rings. The lowest BCUT2D eigenvalue weighted by Gasteiger charge is -2.22. The monoisotopic (exact) mass is 482 g/mol. The molecule has 0 aliphatic carbocycles. The molecule has 2 heterocycles. The Bertz CT molecular complexity index is 1510. The molecule has 0 saturated carbocycles. The van der Waals surface area contributed by atoms with Crippen molar-refractivity contribution in [2.45, 2.75) is 12.5 Å². The van der Waals surface area contributed by atoms with E-state index in [9.17, 15) is 14.4 Å². The van der Waals surface area contributed by atoms with E-state index >= 15 is 0 Å². The van der Waals surface area contributed by atoms with E-state index in [0.717, 1.165) is 16.8 Å². The molecular formula is C28H22N2O6. The van der Waals surface area contributed by atoms with Crippen molar-refractivity contribution in [2.24, 2.45) is 5.10 Å². The summed E-state index contributed by atoms with van der Waals surface area (Å²) in [6.45, 7) is -0.580. The molecule has 0 fully saturated rings. The van der Waals surface area contributed by atoms with Crippen LogP contribution in [-0.4, -0.2) is 36.3 Å². The van der Waals surface area contributed by atoms with E-state index in [2.05, 4.69) is 5.10 Å². The van der Waals surface area contributed by atoms with Crippen molar-refractivity contribution in [3.8, 4) is 5.75 Å². The van der Waals surface area contributed by atoms with E-state index in [-0.39, 0.29) is 11.6 Å². The summed E-state index contributed by atoms with van der Waals surface area (Å²) in [7, 11) is 1.58. The van der Waals surface area contributed by atoms with Gasteiger partial charge in [-0.15, -0.1) is 0 Å². The Balaban J connectivity index is 1.37. The Morgan fingerprint density at radius 2 is 1.72 bits per heavy atom. The van der Waals surface area contributed by atoms with E-state index in [0.29, 0.717) is 23.1 Å². The van der Waals surface area contributed by atoms with Crippen LogP contribution in [0.5, 0.6) is 5.75 Å². The number of methoxy groups -OCH3 is 1. The van der Waals surface area contributed by atoms with E-state index < -0.39 is 24.1 Å². The molecule has 5 rings (SSSR count). The van der Waals surface area contributed by atoms with E-state index in [1.54, 1.807) is 31.4 Å². The fraction of sp³-hybridized carbons (Fsp3) is 0.143. The van der Waals surface area contributed by atoms with Crippen molar-refractivity contribution in [2.75, 3.05) is 13.7 Å². The van der Waals surface area contributed by atoms with Gasteiger partial charge in [-0.3, -0.25) is 4.79 Å². The minimum Gasteiger partial charge on any atom is -0.497 e. The maximum atomic E-state index is 13.2. The Hall–Kier alpha value is -4.72. The Morgan fingerprint density at radius 3 is 2.47 bits per heavy atom. The second-order valence-electron chi connectivity index (χ2n) is 8.21. The van der Waals surface area contributed by atoms with Crippen LogP contribution in [0.25, 0.3) is 11.0 Å². The van der Waals surface area contributed by atoms with Crippen LogP contribution in [0.4, 0.5) is 0 Å². The molecule has 8 heteroatoms. The number of hydrogen-bond acceptors (Lipinski definition) is 7. The first-order chi connectivity index (χ1) is 17.5. The standard InChI is InChI=1S/C28H22N2O6/c1-34-21-13-11-19(12-14-21)24-16-23(18-7-3-2-4-8-18)29-30(24)26(31)17-35-27(32)22-15-20-9-5-6-10-25(20)36-28(22)33/h2-15,24H,16-17H2,1H3. The molecule has 0 saturated heterocycles. The van der Waals surface area contributed by atoms with Crippen molar-refractivity contribution in [1.29, 1.82) is 0 Å². The second-order valence-corrected chi connectivity index (χ2v) is 8.21. The normalized spacial score (nSPS) is 15.0. The molecule has 3 aromatic carbocycles. The van der Waals surface area contributed by atoms with Gasteiger partial charge >= 0.3 is 11.6 Å². The zero-order valence-electron chi connectivity index (χ0n) is 19.4. The van der Waals surface area contributed by atoms with Crippen molar-refractivity contribution < 1.29 is 23.5 Å². The van der Waals surface area contributed by atoms with Crippen LogP contribution in [0.3, 0.4) is 0 Å². The third kappa shape index (κ3) is 4.61. The van der Waals surface area contributed by atoms with Crippen LogP contribution in [-0.2, 0) is 9.53 Å². The average Bonchev–Trinajstić information content (AvgIpc) is 3.37. The van der Waals surface area contributed by atoms with Gasteiger partial charge in [0.2, 0.25) is 0 Å². The van der Waals surface area contributed by atoms with Gasteiger partial charge < -0.3 is 13.9 Å². The smallest absolute Gasteiger partial charge is 0.351 e. The predicted molar refractivity (Wildman–Crippen MR) is 133 cm³/mol. The van der Waals surface area contributed by atoms with Crippen molar-refractivity contribution >= 4 is 28.6 Å². The molecular weight excluding hydrogens is 460 g/mol. The van der Waals surface area contributed by atoms with Crippen LogP contribution >= 0.6 is 0 Å². The first kappa shape index (κ1) is 23.0. The molecule has 36 heavy (non-hydrogen) atoms. The van der Waals surface area contributed by atoms with Crippen molar-refractivity contribution in [3.05, 3.63) is 112 Å². The van der Waals surface area contributed by atoms with E-state index in [1.807, 2.05) is 54.6 Å². The maximum Gasteiger partial charge on any atom is 0.351 e. The largest absolute Gasteiger partial charge is 0.497 e. The first-order valence-electron chi connectivity index (χ1n) is 11.3. The van der Waals surface area contributed by atoms with Crippen molar-refractivity contribution in [3.63, 3.8) is 0 Å². The Morgan fingerprint density at radius 1 is 1.00 bits per heavy atom. The number of carbonyl (C=O) groups excluding carboxylic acids is 2. The van der Waals surface area contributed by atoms with Gasteiger partial charge in [0.05, 0.1) is 18.9 Å². The molecule has 0 bridgehead atoms. The molecule has 0 N–H and O–H groups in total. The third-order valence-electron chi connectivity index (χ3n) is 5.96. The number of amides is 1. The first-order valence-corrected chi connectivity index (χ1v) is 11.3. The second kappa shape index (κ2) is 9.87. The number of hydrogen-bond donors (Lipinski definition) is 0. The fourth-order valence-corrected chi connectivity index (χ4v) is 4.11. The summed E-state index contributed by atoms with van der Waals surface area (Å²) in [5.74, 6) is -0.752. The summed E-state index contributed by atoms with van der Waals surface area (Å²) >= 11 is 0. The number of fused-ring (bicyclic) bond motifs is 1. The minimum atomic E-state index is -0.935. The molecule has 1 unspecified atom stereocenters. The summed E-state index contributed by atoms with van der Waals surface area (Å²) in [5.41, 5.74) is 1.76. The number of benzene rings is 3. The highest BCUT2D eigenvalue weighted by atomic mass is 16.5. The molecule has 1 aliphatic heterocycles. The lowest BCUT2D eigenvalue weighted by Crippen LogP contribution is -2.32. The molecule has 1 aromatic heterocycles. The van der Waals surface area contributed by atoms with Crippen LogP contribution in [0.2, 0.25) is 0 Å². The highest BCUT2D eigenvalue weighted by Crippen LogP contribution is 2.33. The molecule has 4 aromatic rings. The number of hydrazone groups is 1. The number of rotatable bonds is 6. The zero-order valence-corrected chi connectivity index (χ0v) is 19.4. The summed E-state index contributed by atoms with van der Waals surface area (Å²) in [6, 6.07) is 24.8. The van der Waals surface area contributed by atoms with Gasteiger partial charge in [-0.1, -0.05) is 60.7 Å². The fourth-order valence-electron chi connectivity index (χ4n) is 4.11. The highest BCUT2D eigenvalue weighted by molar-refractivity contribution is 6.03. The summed E-state index contributed by atoms with van der Waals surface area (Å²) in [4.78, 5) is 38.1. The zero-order chi connectivity index (χ0) is 25.1. The topological polar surface area (TPSA) is 98.4 Å². The average molecular weight is 482 g/mol. The van der Waals surface area contributed by atoms with Gasteiger partial charge in [0.1, 0.15) is 16.9 Å². The van der Waals surface area contributed by atoms with Crippen LogP contribution in [0, 0.1) is 0 Å². The van der Waals surface area contributed by atoms with Gasteiger partial charge in [0.15, 0.2) is 6.61 Å². The van der Waals surface area contributed by atoms with Gasteiger partial charge in [0.25, 0.3) is 5.91 Å². The predicted octanol–water partition coefficient (Wildman–Crippen LogP) is 4.34. The SMILES string of the molecule is COc1ccc(C2CC(c3ccccc3)=NN2C(=O)COC(=O)c2cc3ccccc3oc2=O)cc1. The van der Waals surface area contributed by atoms with Crippen LogP contribution in [0.1, 0.15) is 33.9 Å². The molecule has 8 nitrogen and oxygen atoms in total. The lowest BCUT2D eigenvalue weighted by atomic mass is 9.98. The quantitative estimate of drug-likeness (QED) is 0.300. The summed E-state index contributed by atoms with van der Waals surface area (Å²) < 4.78 is 15.6. The number of nitrogens with zero attached hydrogens (tertiary/aromatic N) is 2. The number of carbonyl (C=O) groups is 2. The van der Waals surface area contributed by atoms with Crippen LogP contribution in [0.15, 0.2) is 99.2 Å². The highest BCUT2D eigenvalue weighted by Gasteiger charge is 2.33. The van der Waals surface area contributed by atoms with E-state index in [4.69, 9.17) is 13.9 Å². The third-order valence-corrected chi connectivity index (χ3v) is 5.96. The van der Waals surface area contributed by atoms with Crippen molar-refractivity contribution in [1.82, 2.24) is 5.01 Å². The Labute approximate surface area is 206 Å².